The molecule has 1 fully saturated rings. The SMILES string of the molecule is CN=C(NCc1ccc2ccccc2c1)N1CC(C)C(C(=O)OC)C1. The van der Waals surface area contributed by atoms with Crippen LogP contribution in [0.1, 0.15) is 12.5 Å². The lowest BCUT2D eigenvalue weighted by molar-refractivity contribution is -0.145. The summed E-state index contributed by atoms with van der Waals surface area (Å²) < 4.78 is 4.91. The Kier molecular flexibility index (Phi) is 5.22. The van der Waals surface area contributed by atoms with E-state index in [1.807, 2.05) is 6.07 Å². The minimum atomic E-state index is -0.139. The largest absolute Gasteiger partial charge is 0.469 e. The highest BCUT2D eigenvalue weighted by Crippen LogP contribution is 2.24. The second-order valence-corrected chi connectivity index (χ2v) is 6.59. The third-order valence-corrected chi connectivity index (χ3v) is 4.89. The number of methoxy groups -OCH3 is 1. The fourth-order valence-corrected chi connectivity index (χ4v) is 3.46. The molecule has 1 aliphatic heterocycles. The molecule has 5 nitrogen and oxygen atoms in total. The molecule has 3 rings (SSSR count). The van der Waals surface area contributed by atoms with Crippen LogP contribution in [0.15, 0.2) is 47.5 Å². The minimum Gasteiger partial charge on any atom is -0.469 e. The first-order valence-corrected chi connectivity index (χ1v) is 8.63. The van der Waals surface area contributed by atoms with Gasteiger partial charge in [-0.1, -0.05) is 43.3 Å². The van der Waals surface area contributed by atoms with Crippen molar-refractivity contribution in [1.82, 2.24) is 10.2 Å². The normalized spacial score (nSPS) is 20.8. The molecular weight excluding hydrogens is 314 g/mol. The van der Waals surface area contributed by atoms with E-state index in [0.29, 0.717) is 13.1 Å². The van der Waals surface area contributed by atoms with Gasteiger partial charge < -0.3 is 15.0 Å². The smallest absolute Gasteiger partial charge is 0.310 e. The number of carbonyl (C=O) groups excluding carboxylic acids is 1. The number of ether oxygens (including phenoxy) is 1. The second-order valence-electron chi connectivity index (χ2n) is 6.59. The monoisotopic (exact) mass is 339 g/mol. The zero-order valence-corrected chi connectivity index (χ0v) is 15.0. The Morgan fingerprint density at radius 1 is 1.24 bits per heavy atom. The maximum absolute atomic E-state index is 11.9. The highest BCUT2D eigenvalue weighted by Gasteiger charge is 2.36. The average Bonchev–Trinajstić information content (AvgIpc) is 3.03. The third-order valence-electron chi connectivity index (χ3n) is 4.89. The number of carbonyl (C=O) groups is 1. The molecule has 1 aliphatic rings. The summed E-state index contributed by atoms with van der Waals surface area (Å²) in [4.78, 5) is 18.4. The average molecular weight is 339 g/mol. The van der Waals surface area contributed by atoms with Gasteiger partial charge in [0.05, 0.1) is 13.0 Å². The number of fused-ring (bicyclic) bond motifs is 1. The Hall–Kier alpha value is -2.56. The van der Waals surface area contributed by atoms with Crippen LogP contribution in [0.4, 0.5) is 0 Å². The van der Waals surface area contributed by atoms with Crippen molar-refractivity contribution in [1.29, 1.82) is 0 Å². The molecule has 0 radical (unpaired) electrons. The van der Waals surface area contributed by atoms with E-state index in [-0.39, 0.29) is 17.8 Å². The Balaban J connectivity index is 1.65. The van der Waals surface area contributed by atoms with Crippen molar-refractivity contribution < 1.29 is 9.53 Å². The van der Waals surface area contributed by atoms with E-state index in [1.165, 1.54) is 23.4 Å². The van der Waals surface area contributed by atoms with E-state index in [2.05, 4.69) is 58.5 Å². The van der Waals surface area contributed by atoms with E-state index >= 15 is 0 Å². The van der Waals surface area contributed by atoms with Gasteiger partial charge in [-0.25, -0.2) is 0 Å². The molecule has 0 bridgehead atoms. The molecular formula is C20H25N3O2. The van der Waals surface area contributed by atoms with Crippen LogP contribution in [0, 0.1) is 11.8 Å². The van der Waals surface area contributed by atoms with Gasteiger partial charge in [-0.15, -0.1) is 0 Å². The molecule has 0 aliphatic carbocycles. The molecule has 2 unspecified atom stereocenters. The summed E-state index contributed by atoms with van der Waals surface area (Å²) in [5.74, 6) is 0.849. The van der Waals surface area contributed by atoms with Crippen LogP contribution in [0.3, 0.4) is 0 Å². The molecule has 1 heterocycles. The van der Waals surface area contributed by atoms with Crippen LogP contribution < -0.4 is 5.32 Å². The number of nitrogens with one attached hydrogen (secondary N) is 1. The molecule has 2 aromatic rings. The minimum absolute atomic E-state index is 0.0933. The first-order chi connectivity index (χ1) is 12.1. The maximum Gasteiger partial charge on any atom is 0.310 e. The van der Waals surface area contributed by atoms with E-state index < -0.39 is 0 Å². The first kappa shape index (κ1) is 17.3. The van der Waals surface area contributed by atoms with Crippen molar-refractivity contribution in [3.8, 4) is 0 Å². The van der Waals surface area contributed by atoms with Crippen LogP contribution in [-0.4, -0.2) is 44.1 Å². The molecule has 0 spiro atoms. The highest BCUT2D eigenvalue weighted by atomic mass is 16.5. The lowest BCUT2D eigenvalue weighted by atomic mass is 9.99. The zero-order valence-electron chi connectivity index (χ0n) is 15.0. The van der Waals surface area contributed by atoms with Crippen molar-refractivity contribution in [3.63, 3.8) is 0 Å². The Bertz CT molecular complexity index is 787. The van der Waals surface area contributed by atoms with Gasteiger partial charge in [-0.05, 0) is 28.3 Å². The first-order valence-electron chi connectivity index (χ1n) is 8.63. The van der Waals surface area contributed by atoms with Crippen molar-refractivity contribution >= 4 is 22.7 Å². The standard InChI is InChI=1S/C20H25N3O2/c1-14-12-23(13-18(14)19(24)25-3)20(21-2)22-11-15-8-9-16-6-4-5-7-17(16)10-15/h4-10,14,18H,11-13H2,1-3H3,(H,21,22). The highest BCUT2D eigenvalue weighted by molar-refractivity contribution is 5.84. The number of guanidine groups is 1. The third kappa shape index (κ3) is 3.76. The lowest BCUT2D eigenvalue weighted by Gasteiger charge is -2.21. The van der Waals surface area contributed by atoms with Crippen molar-refractivity contribution in [3.05, 3.63) is 48.0 Å². The summed E-state index contributed by atoms with van der Waals surface area (Å²) in [6, 6.07) is 14.8. The summed E-state index contributed by atoms with van der Waals surface area (Å²) in [5, 5.41) is 5.89. The van der Waals surface area contributed by atoms with Gasteiger partial charge in [0.25, 0.3) is 0 Å². The van der Waals surface area contributed by atoms with E-state index in [1.54, 1.807) is 7.05 Å². The lowest BCUT2D eigenvalue weighted by Crippen LogP contribution is -2.40. The molecule has 5 heteroatoms. The summed E-state index contributed by atoms with van der Waals surface area (Å²) in [6.07, 6.45) is 0. The van der Waals surface area contributed by atoms with Gasteiger partial charge in [-0.2, -0.15) is 0 Å². The number of hydrogen-bond acceptors (Lipinski definition) is 3. The van der Waals surface area contributed by atoms with Crippen molar-refractivity contribution in [2.24, 2.45) is 16.8 Å². The van der Waals surface area contributed by atoms with E-state index in [4.69, 9.17) is 4.74 Å². The Morgan fingerprint density at radius 3 is 2.72 bits per heavy atom. The fourth-order valence-electron chi connectivity index (χ4n) is 3.46. The molecule has 2 aromatic carbocycles. The molecule has 2 atom stereocenters. The number of benzene rings is 2. The Morgan fingerprint density at radius 2 is 2.00 bits per heavy atom. The predicted octanol–water partition coefficient (Wildman–Crippen LogP) is 2.66. The van der Waals surface area contributed by atoms with Crippen molar-refractivity contribution in [2.45, 2.75) is 13.5 Å². The quantitative estimate of drug-likeness (QED) is 0.531. The van der Waals surface area contributed by atoms with Crippen molar-refractivity contribution in [2.75, 3.05) is 27.2 Å². The molecule has 1 N–H and O–H groups in total. The summed E-state index contributed by atoms with van der Waals surface area (Å²) in [7, 11) is 3.23. The molecule has 25 heavy (non-hydrogen) atoms. The summed E-state index contributed by atoms with van der Waals surface area (Å²) in [5.41, 5.74) is 1.21. The second kappa shape index (κ2) is 7.55. The Labute approximate surface area is 148 Å². The molecule has 0 amide bonds. The van der Waals surface area contributed by atoms with Gasteiger partial charge in [0, 0.05) is 26.7 Å². The van der Waals surface area contributed by atoms with E-state index in [0.717, 1.165) is 12.5 Å². The number of hydrogen-bond donors (Lipinski definition) is 1. The number of likely N-dealkylation sites (tertiary alicyclic amines) is 1. The molecule has 132 valence electrons. The van der Waals surface area contributed by atoms with Gasteiger partial charge in [-0.3, -0.25) is 9.79 Å². The molecule has 1 saturated heterocycles. The van der Waals surface area contributed by atoms with Gasteiger partial charge in [0.1, 0.15) is 0 Å². The topological polar surface area (TPSA) is 53.9 Å². The number of nitrogens with zero attached hydrogens (tertiary/aromatic N) is 2. The van der Waals surface area contributed by atoms with Gasteiger partial charge >= 0.3 is 5.97 Å². The van der Waals surface area contributed by atoms with Crippen LogP contribution in [-0.2, 0) is 16.1 Å². The van der Waals surface area contributed by atoms with Crippen LogP contribution >= 0.6 is 0 Å². The predicted molar refractivity (Wildman–Crippen MR) is 100 cm³/mol. The molecule has 0 aromatic heterocycles. The summed E-state index contributed by atoms with van der Waals surface area (Å²) >= 11 is 0. The fraction of sp³-hybridized carbons (Fsp3) is 0.400. The zero-order chi connectivity index (χ0) is 17.8. The van der Waals surface area contributed by atoms with Crippen LogP contribution in [0.25, 0.3) is 10.8 Å². The van der Waals surface area contributed by atoms with Crippen LogP contribution in [0.5, 0.6) is 0 Å². The van der Waals surface area contributed by atoms with Gasteiger partial charge in [0.2, 0.25) is 0 Å². The number of aliphatic imine (C=N–C) groups is 1. The summed E-state index contributed by atoms with van der Waals surface area (Å²) in [6.45, 7) is 4.23. The number of esters is 1. The van der Waals surface area contributed by atoms with Gasteiger partial charge in [0.15, 0.2) is 5.96 Å². The van der Waals surface area contributed by atoms with Crippen LogP contribution in [0.2, 0.25) is 0 Å². The maximum atomic E-state index is 11.9. The molecule has 0 saturated carbocycles. The van der Waals surface area contributed by atoms with E-state index in [9.17, 15) is 4.79 Å². The number of rotatable bonds is 3.